The first-order valence-electron chi connectivity index (χ1n) is 3.75. The molecule has 0 amide bonds. The highest BCUT2D eigenvalue weighted by Gasteiger charge is 2.12. The lowest BCUT2D eigenvalue weighted by Gasteiger charge is -2.08. The fourth-order valence-electron chi connectivity index (χ4n) is 0.729. The number of nitrogen functional groups attached to an aromatic ring is 2. The van der Waals surface area contributed by atoms with Crippen molar-refractivity contribution >= 4 is 23.8 Å². The fourth-order valence-corrected chi connectivity index (χ4v) is 0.729. The minimum absolute atomic E-state index is 0.0462. The second kappa shape index (κ2) is 3.73. The summed E-state index contributed by atoms with van der Waals surface area (Å²) in [5.74, 6) is -1.09. The van der Waals surface area contributed by atoms with Crippen LogP contribution in [0.1, 0.15) is 6.92 Å². The maximum Gasteiger partial charge on any atom is 0.325 e. The molecule has 1 aromatic rings. The highest BCUT2D eigenvalue weighted by molar-refractivity contribution is 5.75. The van der Waals surface area contributed by atoms with Crippen molar-refractivity contribution in [3.05, 3.63) is 0 Å². The first kappa shape index (κ1) is 9.96. The van der Waals surface area contributed by atoms with Crippen molar-refractivity contribution in [1.82, 2.24) is 15.0 Å². The number of rotatable bonds is 3. The van der Waals surface area contributed by atoms with Crippen molar-refractivity contribution in [1.29, 1.82) is 0 Å². The van der Waals surface area contributed by atoms with E-state index in [4.69, 9.17) is 16.6 Å². The van der Waals surface area contributed by atoms with E-state index < -0.39 is 12.0 Å². The van der Waals surface area contributed by atoms with E-state index in [-0.39, 0.29) is 17.8 Å². The molecule has 1 unspecified atom stereocenters. The molecule has 0 aromatic carbocycles. The molecule has 0 saturated heterocycles. The molecule has 0 aliphatic carbocycles. The number of nitrogens with two attached hydrogens (primary N) is 2. The number of carbonyl (C=O) groups is 1. The van der Waals surface area contributed by atoms with E-state index >= 15 is 0 Å². The lowest BCUT2D eigenvalue weighted by atomic mass is 10.3. The van der Waals surface area contributed by atoms with Gasteiger partial charge >= 0.3 is 5.97 Å². The van der Waals surface area contributed by atoms with Crippen molar-refractivity contribution in [2.24, 2.45) is 0 Å². The zero-order valence-electron chi connectivity index (χ0n) is 7.43. The van der Waals surface area contributed by atoms with E-state index in [2.05, 4.69) is 20.3 Å². The molecule has 1 heterocycles. The van der Waals surface area contributed by atoms with Crippen LogP contribution in [-0.2, 0) is 4.79 Å². The Morgan fingerprint density at radius 1 is 1.36 bits per heavy atom. The van der Waals surface area contributed by atoms with Crippen molar-refractivity contribution in [3.8, 4) is 0 Å². The monoisotopic (exact) mass is 198 g/mol. The zero-order chi connectivity index (χ0) is 10.7. The predicted molar refractivity (Wildman–Crippen MR) is 49.4 cm³/mol. The van der Waals surface area contributed by atoms with Gasteiger partial charge in [-0.15, -0.1) is 0 Å². The molecular formula is C6H10N6O2. The summed E-state index contributed by atoms with van der Waals surface area (Å²) in [6.45, 7) is 1.44. The molecule has 1 rings (SSSR count). The number of anilines is 3. The van der Waals surface area contributed by atoms with Gasteiger partial charge in [0.05, 0.1) is 0 Å². The molecule has 8 nitrogen and oxygen atoms in total. The Morgan fingerprint density at radius 3 is 2.29 bits per heavy atom. The van der Waals surface area contributed by atoms with Gasteiger partial charge in [0.15, 0.2) is 0 Å². The van der Waals surface area contributed by atoms with E-state index in [0.717, 1.165) is 0 Å². The van der Waals surface area contributed by atoms with Crippen LogP contribution in [0, 0.1) is 0 Å². The highest BCUT2D eigenvalue weighted by Crippen LogP contribution is 2.04. The van der Waals surface area contributed by atoms with Crippen molar-refractivity contribution in [3.63, 3.8) is 0 Å². The van der Waals surface area contributed by atoms with Crippen molar-refractivity contribution in [2.75, 3.05) is 16.8 Å². The maximum atomic E-state index is 10.5. The third-order valence-electron chi connectivity index (χ3n) is 1.39. The molecule has 0 radical (unpaired) electrons. The van der Waals surface area contributed by atoms with Crippen LogP contribution in [0.5, 0.6) is 0 Å². The molecular weight excluding hydrogens is 188 g/mol. The molecule has 0 bridgehead atoms. The Labute approximate surface area is 79.4 Å². The third kappa shape index (κ3) is 2.44. The summed E-state index contributed by atoms with van der Waals surface area (Å²) in [7, 11) is 0. The van der Waals surface area contributed by atoms with Crippen LogP contribution >= 0.6 is 0 Å². The zero-order valence-corrected chi connectivity index (χ0v) is 7.43. The average Bonchev–Trinajstić information content (AvgIpc) is 2.01. The van der Waals surface area contributed by atoms with Gasteiger partial charge in [-0.2, -0.15) is 15.0 Å². The van der Waals surface area contributed by atoms with Crippen LogP contribution in [0.15, 0.2) is 0 Å². The second-order valence-corrected chi connectivity index (χ2v) is 2.58. The van der Waals surface area contributed by atoms with Gasteiger partial charge in [-0.05, 0) is 6.92 Å². The van der Waals surface area contributed by atoms with E-state index in [0.29, 0.717) is 0 Å². The quantitative estimate of drug-likeness (QED) is 0.480. The molecule has 6 N–H and O–H groups in total. The lowest BCUT2D eigenvalue weighted by molar-refractivity contribution is -0.137. The van der Waals surface area contributed by atoms with E-state index in [1.807, 2.05) is 0 Å². The smallest absolute Gasteiger partial charge is 0.325 e. The summed E-state index contributed by atoms with van der Waals surface area (Å²) in [6, 6.07) is -0.823. The molecule has 0 saturated carbocycles. The Balaban J connectivity index is 2.81. The van der Waals surface area contributed by atoms with E-state index in [9.17, 15) is 4.79 Å². The van der Waals surface area contributed by atoms with Gasteiger partial charge in [-0.1, -0.05) is 0 Å². The molecule has 0 aliphatic rings. The van der Waals surface area contributed by atoms with Crippen LogP contribution in [0.2, 0.25) is 0 Å². The van der Waals surface area contributed by atoms with Crippen LogP contribution in [0.3, 0.4) is 0 Å². The molecule has 0 aliphatic heterocycles. The van der Waals surface area contributed by atoms with Gasteiger partial charge in [-0.3, -0.25) is 4.79 Å². The van der Waals surface area contributed by atoms with Gasteiger partial charge in [-0.25, -0.2) is 0 Å². The summed E-state index contributed by atoms with van der Waals surface area (Å²) in [5, 5.41) is 11.1. The largest absolute Gasteiger partial charge is 0.480 e. The second-order valence-electron chi connectivity index (χ2n) is 2.58. The van der Waals surface area contributed by atoms with Crippen LogP contribution in [0.4, 0.5) is 17.8 Å². The van der Waals surface area contributed by atoms with E-state index in [1.54, 1.807) is 0 Å². The van der Waals surface area contributed by atoms with Gasteiger partial charge in [0.1, 0.15) is 6.04 Å². The standard InChI is InChI=1S/C6H10N6O2/c1-2(3(13)14)9-6-11-4(7)10-5(8)12-6/h2H,1H3,(H,13,14)(H5,7,8,9,10,11,12). The Kier molecular flexibility index (Phi) is 2.65. The summed E-state index contributed by atoms with van der Waals surface area (Å²) in [5.41, 5.74) is 10.6. The first-order chi connectivity index (χ1) is 6.49. The van der Waals surface area contributed by atoms with Gasteiger partial charge in [0, 0.05) is 0 Å². The Morgan fingerprint density at radius 2 is 1.86 bits per heavy atom. The van der Waals surface area contributed by atoms with Crippen LogP contribution in [-0.4, -0.2) is 32.1 Å². The summed E-state index contributed by atoms with van der Waals surface area (Å²) >= 11 is 0. The number of aromatic nitrogens is 3. The molecule has 0 fully saturated rings. The third-order valence-corrected chi connectivity index (χ3v) is 1.39. The van der Waals surface area contributed by atoms with Gasteiger partial charge in [0.25, 0.3) is 0 Å². The minimum atomic E-state index is -1.03. The fraction of sp³-hybridized carbons (Fsp3) is 0.333. The predicted octanol–water partition coefficient (Wildman–Crippen LogP) is -1.08. The topological polar surface area (TPSA) is 140 Å². The normalized spacial score (nSPS) is 12.1. The Bertz CT molecular complexity index is 334. The molecule has 8 heteroatoms. The number of aliphatic carboxylic acids is 1. The number of carboxylic acid groups (broad SMARTS) is 1. The summed E-state index contributed by atoms with van der Waals surface area (Å²) in [6.07, 6.45) is 0. The molecule has 0 spiro atoms. The number of hydrogen-bond donors (Lipinski definition) is 4. The number of hydrogen-bond acceptors (Lipinski definition) is 7. The maximum absolute atomic E-state index is 10.5. The summed E-state index contributed by atoms with van der Waals surface area (Å²) in [4.78, 5) is 21.3. The molecule has 14 heavy (non-hydrogen) atoms. The number of nitrogens with zero attached hydrogens (tertiary/aromatic N) is 3. The van der Waals surface area contributed by atoms with E-state index in [1.165, 1.54) is 6.92 Å². The lowest BCUT2D eigenvalue weighted by Crippen LogP contribution is -2.27. The van der Waals surface area contributed by atoms with Gasteiger partial charge in [0.2, 0.25) is 17.8 Å². The Hall–Kier alpha value is -2.12. The minimum Gasteiger partial charge on any atom is -0.480 e. The van der Waals surface area contributed by atoms with Gasteiger partial charge < -0.3 is 21.9 Å². The molecule has 1 atom stereocenters. The van der Waals surface area contributed by atoms with Crippen LogP contribution in [0.25, 0.3) is 0 Å². The highest BCUT2D eigenvalue weighted by atomic mass is 16.4. The first-order valence-corrected chi connectivity index (χ1v) is 3.75. The molecule has 1 aromatic heterocycles. The summed E-state index contributed by atoms with van der Waals surface area (Å²) < 4.78 is 0. The SMILES string of the molecule is CC(Nc1nc(N)nc(N)n1)C(=O)O. The van der Waals surface area contributed by atoms with Crippen LogP contribution < -0.4 is 16.8 Å². The van der Waals surface area contributed by atoms with Crippen molar-refractivity contribution in [2.45, 2.75) is 13.0 Å². The molecule has 76 valence electrons. The van der Waals surface area contributed by atoms with Crippen molar-refractivity contribution < 1.29 is 9.90 Å². The number of carboxylic acids is 1. The average molecular weight is 198 g/mol. The number of nitrogens with one attached hydrogen (secondary N) is 1.